The molecule has 6 aromatic rings. The Morgan fingerprint density at radius 2 is 0.736 bits per heavy atom. The molecule has 4 heterocycles. The Morgan fingerprint density at radius 3 is 1.00 bits per heavy atom. The predicted octanol–water partition coefficient (Wildman–Crippen LogP) is 15.3. The van der Waals surface area contributed by atoms with Crippen LogP contribution < -0.4 is 0 Å². The standard InChI is InChI=1S/2C22H28N3.2CH3.Hf/c2*1-14(2)18-8-7-9-19(15(3)4)21(18)23-20-11-10-17-12-13-25(16(5)6)22(17)24-20;;;/h2*7-16H,1-6H3;2*1H3;/q4*-1;. The largest absolute Gasteiger partial charge is 0.436 e. The second-order valence-electron chi connectivity index (χ2n) is 15.2. The van der Waals surface area contributed by atoms with Crippen LogP contribution in [0.5, 0.6) is 0 Å². The molecule has 0 saturated carbocycles. The van der Waals surface area contributed by atoms with Gasteiger partial charge in [0, 0.05) is 61.6 Å². The van der Waals surface area contributed by atoms with E-state index in [0.717, 1.165) is 45.1 Å². The number of nitrogens with zero attached hydrogens (tertiary/aromatic N) is 6. The van der Waals surface area contributed by atoms with Crippen molar-refractivity contribution in [3.05, 3.63) is 133 Å². The summed E-state index contributed by atoms with van der Waals surface area (Å²) in [5.41, 5.74) is 9.32. The van der Waals surface area contributed by atoms with Crippen LogP contribution in [0.25, 0.3) is 32.7 Å². The molecule has 0 saturated heterocycles. The quantitative estimate of drug-likeness (QED) is 0.102. The van der Waals surface area contributed by atoms with E-state index in [2.05, 4.69) is 165 Å². The first-order valence-corrected chi connectivity index (χ1v) is 18.4. The van der Waals surface area contributed by atoms with Gasteiger partial charge in [0.1, 0.15) is 0 Å². The van der Waals surface area contributed by atoms with Crippen LogP contribution in [-0.4, -0.2) is 19.1 Å². The molecular weight excluding hydrogens is 815 g/mol. The SMILES string of the molecule is CC(C)c1cccc(C(C)C)c1[N-]c1ccc2ccn(C(C)C)c2n1.CC(C)c1cccc(C(C)C)c1[N-]c1ccc2ccn(C(C)C)c2n1.[CH3-].[CH3-].[Hf]. The van der Waals surface area contributed by atoms with Gasteiger partial charge in [-0.1, -0.05) is 128 Å². The number of benzene rings is 2. The zero-order chi connectivity index (χ0) is 36.3. The van der Waals surface area contributed by atoms with Gasteiger partial charge in [0.25, 0.3) is 0 Å². The minimum absolute atomic E-state index is 0. The molecule has 6 nitrogen and oxygen atoms in total. The molecule has 0 unspecified atom stereocenters. The number of pyridine rings is 2. The third-order valence-electron chi connectivity index (χ3n) is 9.35. The molecule has 6 rings (SSSR count). The van der Waals surface area contributed by atoms with Crippen LogP contribution in [0.15, 0.2) is 85.2 Å². The van der Waals surface area contributed by atoms with Crippen molar-refractivity contribution < 1.29 is 25.8 Å². The van der Waals surface area contributed by atoms with Gasteiger partial charge < -0.3 is 44.6 Å². The van der Waals surface area contributed by atoms with Gasteiger partial charge in [0.05, 0.1) is 0 Å². The Kier molecular flexibility index (Phi) is 16.8. The van der Waals surface area contributed by atoms with E-state index in [9.17, 15) is 0 Å². The topological polar surface area (TPSA) is 63.8 Å². The summed E-state index contributed by atoms with van der Waals surface area (Å²) in [7, 11) is 0. The van der Waals surface area contributed by atoms with Crippen LogP contribution in [0.3, 0.4) is 0 Å². The summed E-state index contributed by atoms with van der Waals surface area (Å²) in [6.45, 7) is 26.5. The van der Waals surface area contributed by atoms with Crippen LogP contribution in [0, 0.1) is 14.9 Å². The summed E-state index contributed by atoms with van der Waals surface area (Å²) in [4.78, 5) is 9.70. The third-order valence-corrected chi connectivity index (χ3v) is 9.35. The van der Waals surface area contributed by atoms with Crippen molar-refractivity contribution in [2.75, 3.05) is 0 Å². The fourth-order valence-electron chi connectivity index (χ4n) is 6.50. The summed E-state index contributed by atoms with van der Waals surface area (Å²) in [6.07, 6.45) is 4.21. The first-order valence-electron chi connectivity index (χ1n) is 18.4. The zero-order valence-electron chi connectivity index (χ0n) is 34.7. The van der Waals surface area contributed by atoms with E-state index in [4.69, 9.17) is 20.6 Å². The maximum absolute atomic E-state index is 4.99. The molecule has 0 N–H and O–H groups in total. The van der Waals surface area contributed by atoms with Crippen LogP contribution in [0.2, 0.25) is 0 Å². The summed E-state index contributed by atoms with van der Waals surface area (Å²) < 4.78 is 4.40. The van der Waals surface area contributed by atoms with Gasteiger partial charge in [0.2, 0.25) is 0 Å². The molecule has 53 heavy (non-hydrogen) atoms. The van der Waals surface area contributed by atoms with Gasteiger partial charge in [-0.2, -0.15) is 0 Å². The normalized spacial score (nSPS) is 11.2. The summed E-state index contributed by atoms with van der Waals surface area (Å²) in [6, 6.07) is 26.3. The minimum atomic E-state index is 0. The molecule has 0 aliphatic rings. The fraction of sp³-hybridized carbons (Fsp3) is 0.391. The molecule has 0 aliphatic heterocycles. The smallest absolute Gasteiger partial charge is 0.0353 e. The van der Waals surface area contributed by atoms with Crippen molar-refractivity contribution in [1.29, 1.82) is 0 Å². The van der Waals surface area contributed by atoms with Crippen LogP contribution in [0.1, 0.15) is 141 Å². The van der Waals surface area contributed by atoms with E-state index in [0.29, 0.717) is 35.8 Å². The number of hydrogen-bond acceptors (Lipinski definition) is 2. The summed E-state index contributed by atoms with van der Waals surface area (Å²) in [5, 5.41) is 12.3. The Hall–Kier alpha value is -3.71. The predicted molar refractivity (Wildman–Crippen MR) is 228 cm³/mol. The second kappa shape index (κ2) is 19.6. The van der Waals surface area contributed by atoms with Gasteiger partial charge in [-0.3, -0.25) is 0 Å². The molecular formula is C46H62HfN6-4. The van der Waals surface area contributed by atoms with E-state index < -0.39 is 0 Å². The van der Waals surface area contributed by atoms with Crippen molar-refractivity contribution in [3.63, 3.8) is 0 Å². The van der Waals surface area contributed by atoms with Crippen molar-refractivity contribution >= 4 is 45.1 Å². The van der Waals surface area contributed by atoms with E-state index in [1.807, 2.05) is 12.1 Å². The van der Waals surface area contributed by atoms with Crippen molar-refractivity contribution in [2.24, 2.45) is 0 Å². The molecule has 0 atom stereocenters. The molecule has 4 aromatic heterocycles. The Bertz CT molecular complexity index is 1850. The fourth-order valence-corrected chi connectivity index (χ4v) is 6.50. The minimum Gasteiger partial charge on any atom is -0.436 e. The molecule has 0 aliphatic carbocycles. The summed E-state index contributed by atoms with van der Waals surface area (Å²) in [5.74, 6) is 3.29. The zero-order valence-corrected chi connectivity index (χ0v) is 38.3. The maximum atomic E-state index is 4.99. The van der Waals surface area contributed by atoms with Gasteiger partial charge in [-0.15, -0.1) is 0 Å². The van der Waals surface area contributed by atoms with E-state index in [-0.39, 0.29) is 40.7 Å². The van der Waals surface area contributed by atoms with Crippen LogP contribution in [0.4, 0.5) is 23.0 Å². The van der Waals surface area contributed by atoms with Crippen molar-refractivity contribution in [3.8, 4) is 0 Å². The maximum Gasteiger partial charge on any atom is 0.0353 e. The van der Waals surface area contributed by atoms with Crippen molar-refractivity contribution in [1.82, 2.24) is 19.1 Å². The molecule has 0 amide bonds. The molecule has 2 aromatic carbocycles. The van der Waals surface area contributed by atoms with Crippen LogP contribution >= 0.6 is 0 Å². The van der Waals surface area contributed by atoms with Crippen LogP contribution in [-0.2, 0) is 25.8 Å². The molecule has 0 spiro atoms. The Morgan fingerprint density at radius 1 is 0.434 bits per heavy atom. The number of hydrogen-bond donors (Lipinski definition) is 0. The third kappa shape index (κ3) is 10.3. The molecule has 0 fully saturated rings. The Labute approximate surface area is 340 Å². The van der Waals surface area contributed by atoms with E-state index >= 15 is 0 Å². The molecule has 7 heteroatoms. The monoisotopic (exact) mass is 878 g/mol. The molecule has 284 valence electrons. The first-order chi connectivity index (χ1) is 23.8. The average Bonchev–Trinajstić information content (AvgIpc) is 3.69. The summed E-state index contributed by atoms with van der Waals surface area (Å²) >= 11 is 0. The number of fused-ring (bicyclic) bond motifs is 2. The van der Waals surface area contributed by atoms with E-state index in [1.54, 1.807) is 0 Å². The van der Waals surface area contributed by atoms with Gasteiger partial charge in [-0.05, 0) is 108 Å². The number of aromatic nitrogens is 4. The number of para-hydroxylation sites is 2. The molecule has 0 bridgehead atoms. The van der Waals surface area contributed by atoms with Gasteiger partial charge >= 0.3 is 0 Å². The molecule has 0 radical (unpaired) electrons. The van der Waals surface area contributed by atoms with E-state index in [1.165, 1.54) is 22.3 Å². The second-order valence-corrected chi connectivity index (χ2v) is 15.2. The average molecular weight is 878 g/mol. The number of rotatable bonds is 10. The Balaban J connectivity index is 0.000000347. The first kappa shape index (κ1) is 45.4. The van der Waals surface area contributed by atoms with Crippen molar-refractivity contribution in [2.45, 2.75) is 119 Å². The van der Waals surface area contributed by atoms with Gasteiger partial charge in [0.15, 0.2) is 0 Å². The van der Waals surface area contributed by atoms with Gasteiger partial charge in [-0.25, -0.2) is 0 Å².